The van der Waals surface area contributed by atoms with Gasteiger partial charge in [-0.25, -0.2) is 4.98 Å². The van der Waals surface area contributed by atoms with Gasteiger partial charge in [0.25, 0.3) is 0 Å². The lowest BCUT2D eigenvalue weighted by atomic mass is 10.1. The molecule has 1 aliphatic rings. The molecular weight excluding hydrogens is 262 g/mol. The Hall–Kier alpha value is -1.52. The minimum Gasteiger partial charge on any atom is -0.496 e. The van der Waals surface area contributed by atoms with Crippen LogP contribution in [0.4, 0.5) is 0 Å². The molecule has 3 rings (SSSR count). The Bertz CT molecular complexity index is 609. The normalized spacial score (nSPS) is 18.2. The maximum absolute atomic E-state index is 6.25. The summed E-state index contributed by atoms with van der Waals surface area (Å²) in [7, 11) is 1.66. The number of nitrogens with zero attached hydrogens (tertiary/aromatic N) is 2. The van der Waals surface area contributed by atoms with Gasteiger partial charge in [0.15, 0.2) is 5.15 Å². The Morgan fingerprint density at radius 3 is 3.00 bits per heavy atom. The zero-order chi connectivity index (χ0) is 13.4. The Balaban J connectivity index is 2.19. The molecule has 0 bridgehead atoms. The number of nitrogens with two attached hydrogens (primary N) is 1. The average molecular weight is 278 g/mol. The van der Waals surface area contributed by atoms with Crippen molar-refractivity contribution in [3.8, 4) is 17.1 Å². The molecule has 4 nitrogen and oxygen atoms in total. The van der Waals surface area contributed by atoms with Gasteiger partial charge in [-0.05, 0) is 25.0 Å². The number of imidazole rings is 1. The highest BCUT2D eigenvalue weighted by Crippen LogP contribution is 2.37. The van der Waals surface area contributed by atoms with Crippen LogP contribution in [0.15, 0.2) is 24.3 Å². The number of halogens is 1. The van der Waals surface area contributed by atoms with Gasteiger partial charge in [-0.1, -0.05) is 23.7 Å². The van der Waals surface area contributed by atoms with Crippen LogP contribution < -0.4 is 10.5 Å². The third kappa shape index (κ3) is 2.01. The summed E-state index contributed by atoms with van der Waals surface area (Å²) in [4.78, 5) is 4.49. The molecule has 0 saturated carbocycles. The standard InChI is InChI=1S/C14H16ClN3O/c1-19-11-7-3-2-5-9(11)14-17-13(15)12-10(16)6-4-8-18(12)14/h2-3,5,7,10H,4,6,8,16H2,1H3. The second kappa shape index (κ2) is 4.87. The van der Waals surface area contributed by atoms with Gasteiger partial charge < -0.3 is 15.0 Å². The molecule has 0 aliphatic carbocycles. The minimum atomic E-state index is -0.0304. The third-order valence-corrected chi connectivity index (χ3v) is 3.84. The number of rotatable bonds is 2. The summed E-state index contributed by atoms with van der Waals surface area (Å²) < 4.78 is 7.52. The monoisotopic (exact) mass is 277 g/mol. The van der Waals surface area contributed by atoms with E-state index in [-0.39, 0.29) is 6.04 Å². The smallest absolute Gasteiger partial charge is 0.152 e. The van der Waals surface area contributed by atoms with Crippen LogP contribution in [0.25, 0.3) is 11.4 Å². The van der Waals surface area contributed by atoms with Crippen LogP contribution in [0, 0.1) is 0 Å². The van der Waals surface area contributed by atoms with Crippen molar-refractivity contribution in [1.82, 2.24) is 9.55 Å². The molecule has 1 unspecified atom stereocenters. The summed E-state index contributed by atoms with van der Waals surface area (Å²) in [5, 5.41) is 0.508. The van der Waals surface area contributed by atoms with Crippen molar-refractivity contribution in [3.63, 3.8) is 0 Å². The molecular formula is C14H16ClN3O. The molecule has 1 atom stereocenters. The highest BCUT2D eigenvalue weighted by molar-refractivity contribution is 6.30. The van der Waals surface area contributed by atoms with E-state index in [1.54, 1.807) is 7.11 Å². The quantitative estimate of drug-likeness (QED) is 0.918. The van der Waals surface area contributed by atoms with Crippen molar-refractivity contribution < 1.29 is 4.74 Å². The Morgan fingerprint density at radius 1 is 1.42 bits per heavy atom. The third-order valence-electron chi connectivity index (χ3n) is 3.56. The Morgan fingerprint density at radius 2 is 2.21 bits per heavy atom. The number of hydrogen-bond donors (Lipinski definition) is 1. The molecule has 0 spiro atoms. The summed E-state index contributed by atoms with van der Waals surface area (Å²) in [5.41, 5.74) is 8.02. The van der Waals surface area contributed by atoms with Crippen molar-refractivity contribution >= 4 is 11.6 Å². The van der Waals surface area contributed by atoms with Crippen LogP contribution >= 0.6 is 11.6 Å². The first kappa shape index (κ1) is 12.5. The Labute approximate surface area is 117 Å². The number of aromatic nitrogens is 2. The van der Waals surface area contributed by atoms with E-state index in [2.05, 4.69) is 9.55 Å². The van der Waals surface area contributed by atoms with Crippen molar-refractivity contribution in [2.75, 3.05) is 7.11 Å². The van der Waals surface area contributed by atoms with E-state index in [4.69, 9.17) is 22.1 Å². The number of methoxy groups -OCH3 is 1. The first-order valence-corrected chi connectivity index (χ1v) is 6.75. The fourth-order valence-electron chi connectivity index (χ4n) is 2.66. The zero-order valence-electron chi connectivity index (χ0n) is 10.8. The van der Waals surface area contributed by atoms with E-state index < -0.39 is 0 Å². The molecule has 1 aliphatic heterocycles. The highest BCUT2D eigenvalue weighted by Gasteiger charge is 2.26. The summed E-state index contributed by atoms with van der Waals surface area (Å²) in [6.07, 6.45) is 2.00. The van der Waals surface area contributed by atoms with Gasteiger partial charge in [0.05, 0.1) is 18.4 Å². The number of fused-ring (bicyclic) bond motifs is 1. The molecule has 0 amide bonds. The predicted octanol–water partition coefficient (Wildman–Crippen LogP) is 3.01. The summed E-state index contributed by atoms with van der Waals surface area (Å²) >= 11 is 6.25. The summed E-state index contributed by atoms with van der Waals surface area (Å²) in [6, 6.07) is 7.79. The van der Waals surface area contributed by atoms with Crippen molar-refractivity contribution in [2.45, 2.75) is 25.4 Å². The molecule has 2 N–H and O–H groups in total. The van der Waals surface area contributed by atoms with E-state index in [0.717, 1.165) is 42.2 Å². The maximum atomic E-state index is 6.25. The van der Waals surface area contributed by atoms with Crippen LogP contribution in [0.2, 0.25) is 5.15 Å². The predicted molar refractivity (Wildman–Crippen MR) is 75.4 cm³/mol. The van der Waals surface area contributed by atoms with Gasteiger partial charge in [0.2, 0.25) is 0 Å². The number of hydrogen-bond acceptors (Lipinski definition) is 3. The maximum Gasteiger partial charge on any atom is 0.152 e. The lowest BCUT2D eigenvalue weighted by Gasteiger charge is -2.22. The molecule has 0 saturated heterocycles. The average Bonchev–Trinajstić information content (AvgIpc) is 2.77. The van der Waals surface area contributed by atoms with Crippen LogP contribution in [-0.4, -0.2) is 16.7 Å². The number of benzene rings is 1. The summed E-state index contributed by atoms with van der Waals surface area (Å²) in [6.45, 7) is 0.899. The fourth-order valence-corrected chi connectivity index (χ4v) is 2.98. The van der Waals surface area contributed by atoms with Crippen molar-refractivity contribution in [1.29, 1.82) is 0 Å². The molecule has 0 fully saturated rings. The number of para-hydroxylation sites is 1. The van der Waals surface area contributed by atoms with E-state index in [9.17, 15) is 0 Å². The van der Waals surface area contributed by atoms with Crippen molar-refractivity contribution in [3.05, 3.63) is 35.1 Å². The van der Waals surface area contributed by atoms with Crippen LogP contribution in [0.3, 0.4) is 0 Å². The van der Waals surface area contributed by atoms with E-state index >= 15 is 0 Å². The zero-order valence-corrected chi connectivity index (χ0v) is 11.5. The lowest BCUT2D eigenvalue weighted by Crippen LogP contribution is -2.22. The minimum absolute atomic E-state index is 0.0304. The summed E-state index contributed by atoms with van der Waals surface area (Å²) in [5.74, 6) is 1.64. The van der Waals surface area contributed by atoms with Crippen LogP contribution in [-0.2, 0) is 6.54 Å². The van der Waals surface area contributed by atoms with Gasteiger partial charge in [-0.15, -0.1) is 0 Å². The molecule has 0 radical (unpaired) electrons. The fraction of sp³-hybridized carbons (Fsp3) is 0.357. The van der Waals surface area contributed by atoms with E-state index in [1.165, 1.54) is 0 Å². The van der Waals surface area contributed by atoms with Gasteiger partial charge in [0.1, 0.15) is 11.6 Å². The van der Waals surface area contributed by atoms with Crippen LogP contribution in [0.1, 0.15) is 24.6 Å². The molecule has 5 heteroatoms. The molecule has 2 aromatic rings. The number of ether oxygens (including phenoxy) is 1. The van der Waals surface area contributed by atoms with Gasteiger partial charge in [-0.3, -0.25) is 0 Å². The lowest BCUT2D eigenvalue weighted by molar-refractivity contribution is 0.415. The van der Waals surface area contributed by atoms with E-state index in [0.29, 0.717) is 5.15 Å². The second-order valence-electron chi connectivity index (χ2n) is 4.71. The van der Waals surface area contributed by atoms with Crippen molar-refractivity contribution in [2.24, 2.45) is 5.73 Å². The van der Waals surface area contributed by atoms with Gasteiger partial charge >= 0.3 is 0 Å². The van der Waals surface area contributed by atoms with E-state index in [1.807, 2.05) is 24.3 Å². The first-order chi connectivity index (χ1) is 9.22. The van der Waals surface area contributed by atoms with Gasteiger partial charge in [-0.2, -0.15) is 0 Å². The molecule has 1 aromatic heterocycles. The molecule has 100 valence electrons. The second-order valence-corrected chi connectivity index (χ2v) is 5.07. The SMILES string of the molecule is COc1ccccc1-c1nc(Cl)c2n1CCCC2N. The first-order valence-electron chi connectivity index (χ1n) is 6.37. The molecule has 2 heterocycles. The van der Waals surface area contributed by atoms with Gasteiger partial charge in [0, 0.05) is 12.6 Å². The highest BCUT2D eigenvalue weighted by atomic mass is 35.5. The van der Waals surface area contributed by atoms with Crippen LogP contribution in [0.5, 0.6) is 5.75 Å². The topological polar surface area (TPSA) is 53.1 Å². The largest absolute Gasteiger partial charge is 0.496 e. The molecule has 1 aromatic carbocycles. The molecule has 19 heavy (non-hydrogen) atoms. The Kier molecular flexibility index (Phi) is 3.21.